The molecular formula is C13H18BrFN2. The predicted octanol–water partition coefficient (Wildman–Crippen LogP) is 2.77. The lowest BCUT2D eigenvalue weighted by Gasteiger charge is -2.31. The maximum atomic E-state index is 13.3. The lowest BCUT2D eigenvalue weighted by Crippen LogP contribution is -2.43. The summed E-state index contributed by atoms with van der Waals surface area (Å²) in [4.78, 5) is 2.30. The molecule has 1 saturated heterocycles. The van der Waals surface area contributed by atoms with Gasteiger partial charge < -0.3 is 5.32 Å². The minimum Gasteiger partial charge on any atom is -0.315 e. The third kappa shape index (κ3) is 3.76. The molecule has 2 rings (SSSR count). The van der Waals surface area contributed by atoms with Crippen molar-refractivity contribution in [3.05, 3.63) is 34.1 Å². The van der Waals surface area contributed by atoms with Gasteiger partial charge in [0.05, 0.1) is 0 Å². The molecule has 0 bridgehead atoms. The van der Waals surface area contributed by atoms with Crippen LogP contribution in [0.15, 0.2) is 22.7 Å². The van der Waals surface area contributed by atoms with Crippen molar-refractivity contribution in [3.63, 3.8) is 0 Å². The number of hydrogen-bond donors (Lipinski definition) is 1. The Bertz CT molecular complexity index is 357. The van der Waals surface area contributed by atoms with Gasteiger partial charge >= 0.3 is 0 Å². The molecule has 17 heavy (non-hydrogen) atoms. The number of likely N-dealkylation sites (N-methyl/N-ethyl adjacent to an activating group) is 1. The van der Waals surface area contributed by atoms with Gasteiger partial charge in [-0.1, -0.05) is 15.9 Å². The molecule has 1 aromatic rings. The van der Waals surface area contributed by atoms with Crippen molar-refractivity contribution in [2.75, 3.05) is 20.1 Å². The quantitative estimate of drug-likeness (QED) is 0.923. The van der Waals surface area contributed by atoms with E-state index >= 15 is 0 Å². The van der Waals surface area contributed by atoms with Crippen molar-refractivity contribution in [3.8, 4) is 0 Å². The Morgan fingerprint density at radius 3 is 2.94 bits per heavy atom. The number of piperidine rings is 1. The van der Waals surface area contributed by atoms with Crippen molar-refractivity contribution in [1.82, 2.24) is 10.2 Å². The third-order valence-corrected chi connectivity index (χ3v) is 3.71. The molecule has 0 spiro atoms. The summed E-state index contributed by atoms with van der Waals surface area (Å²) in [7, 11) is 2.11. The summed E-state index contributed by atoms with van der Waals surface area (Å²) in [5.74, 6) is -0.176. The molecular weight excluding hydrogens is 283 g/mol. The van der Waals surface area contributed by atoms with Gasteiger partial charge in [-0.2, -0.15) is 0 Å². The molecule has 2 nitrogen and oxygen atoms in total. The normalized spacial score (nSPS) is 20.8. The summed E-state index contributed by atoms with van der Waals surface area (Å²) in [5.41, 5.74) is 1.02. The minimum absolute atomic E-state index is 0.176. The zero-order valence-corrected chi connectivity index (χ0v) is 11.6. The van der Waals surface area contributed by atoms with Gasteiger partial charge in [-0.15, -0.1) is 0 Å². The van der Waals surface area contributed by atoms with Crippen LogP contribution in [0, 0.1) is 5.82 Å². The van der Waals surface area contributed by atoms with E-state index in [1.54, 1.807) is 6.07 Å². The molecule has 0 aliphatic carbocycles. The summed E-state index contributed by atoms with van der Waals surface area (Å²) in [6, 6.07) is 5.64. The molecule has 94 valence electrons. The van der Waals surface area contributed by atoms with Crippen LogP contribution in [0.5, 0.6) is 0 Å². The van der Waals surface area contributed by atoms with Gasteiger partial charge in [0.25, 0.3) is 0 Å². The molecule has 1 aromatic carbocycles. The lowest BCUT2D eigenvalue weighted by atomic mass is 10.1. The van der Waals surface area contributed by atoms with Crippen LogP contribution in [0.3, 0.4) is 0 Å². The molecule has 1 aliphatic rings. The number of nitrogens with zero attached hydrogens (tertiary/aromatic N) is 1. The highest BCUT2D eigenvalue weighted by atomic mass is 79.9. The monoisotopic (exact) mass is 300 g/mol. The second-order valence-electron chi connectivity index (χ2n) is 4.69. The topological polar surface area (TPSA) is 15.3 Å². The Kier molecular flexibility index (Phi) is 4.54. The van der Waals surface area contributed by atoms with Crippen molar-refractivity contribution in [1.29, 1.82) is 0 Å². The first-order chi connectivity index (χ1) is 8.15. The average molecular weight is 301 g/mol. The van der Waals surface area contributed by atoms with Crippen molar-refractivity contribution in [2.45, 2.75) is 25.4 Å². The number of benzene rings is 1. The van der Waals surface area contributed by atoms with E-state index in [2.05, 4.69) is 33.2 Å². The standard InChI is InChI=1S/C13H18BrFN2/c1-17(13-3-2-4-16-8-13)9-10-5-11(14)7-12(15)6-10/h5-7,13,16H,2-4,8-9H2,1H3. The van der Waals surface area contributed by atoms with E-state index in [-0.39, 0.29) is 5.82 Å². The van der Waals surface area contributed by atoms with E-state index in [0.29, 0.717) is 6.04 Å². The number of halogens is 2. The van der Waals surface area contributed by atoms with Gasteiger partial charge in [0.15, 0.2) is 0 Å². The summed E-state index contributed by atoms with van der Waals surface area (Å²) in [6.07, 6.45) is 2.45. The predicted molar refractivity (Wildman–Crippen MR) is 71.5 cm³/mol. The SMILES string of the molecule is CN(Cc1cc(F)cc(Br)c1)C1CCCNC1. The second-order valence-corrected chi connectivity index (χ2v) is 5.61. The van der Waals surface area contributed by atoms with E-state index in [1.807, 2.05) is 6.07 Å². The van der Waals surface area contributed by atoms with Crippen molar-refractivity contribution >= 4 is 15.9 Å². The summed E-state index contributed by atoms with van der Waals surface area (Å²) in [5, 5.41) is 3.40. The smallest absolute Gasteiger partial charge is 0.124 e. The fourth-order valence-electron chi connectivity index (χ4n) is 2.33. The van der Waals surface area contributed by atoms with Crippen molar-refractivity contribution in [2.24, 2.45) is 0 Å². The molecule has 1 heterocycles. The molecule has 1 atom stereocenters. The van der Waals surface area contributed by atoms with Crippen LogP contribution in [0.4, 0.5) is 4.39 Å². The molecule has 1 aliphatic heterocycles. The van der Waals surface area contributed by atoms with Gasteiger partial charge in [-0.3, -0.25) is 4.90 Å². The number of nitrogens with one attached hydrogen (secondary N) is 1. The Hall–Kier alpha value is -0.450. The zero-order valence-electron chi connectivity index (χ0n) is 10.0. The fourth-order valence-corrected chi connectivity index (χ4v) is 2.84. The van der Waals surface area contributed by atoms with E-state index in [4.69, 9.17) is 0 Å². The first-order valence-electron chi connectivity index (χ1n) is 6.01. The highest BCUT2D eigenvalue weighted by Gasteiger charge is 2.17. The maximum Gasteiger partial charge on any atom is 0.124 e. The van der Waals surface area contributed by atoms with Crippen LogP contribution in [0.1, 0.15) is 18.4 Å². The minimum atomic E-state index is -0.176. The van der Waals surface area contributed by atoms with E-state index in [9.17, 15) is 4.39 Å². The van der Waals surface area contributed by atoms with Gasteiger partial charge in [-0.25, -0.2) is 4.39 Å². The van der Waals surface area contributed by atoms with Crippen molar-refractivity contribution < 1.29 is 4.39 Å². The average Bonchev–Trinajstić information content (AvgIpc) is 2.28. The lowest BCUT2D eigenvalue weighted by molar-refractivity contribution is 0.195. The van der Waals surface area contributed by atoms with Crippen LogP contribution in [0.25, 0.3) is 0 Å². The zero-order chi connectivity index (χ0) is 12.3. The number of hydrogen-bond acceptors (Lipinski definition) is 2. The Morgan fingerprint density at radius 2 is 2.29 bits per heavy atom. The van der Waals surface area contributed by atoms with Gasteiger partial charge in [0.2, 0.25) is 0 Å². The Labute approximate surface area is 110 Å². The molecule has 1 fully saturated rings. The van der Waals surface area contributed by atoms with Gasteiger partial charge in [-0.05, 0) is 50.2 Å². The first kappa shape index (κ1) is 13.0. The maximum absolute atomic E-state index is 13.3. The molecule has 1 N–H and O–H groups in total. The highest BCUT2D eigenvalue weighted by molar-refractivity contribution is 9.10. The molecule has 0 radical (unpaired) electrons. The van der Waals surface area contributed by atoms with Gasteiger partial charge in [0.1, 0.15) is 5.82 Å². The molecule has 0 saturated carbocycles. The molecule has 4 heteroatoms. The third-order valence-electron chi connectivity index (χ3n) is 3.25. The second kappa shape index (κ2) is 5.94. The van der Waals surface area contributed by atoms with Crippen LogP contribution in [-0.4, -0.2) is 31.1 Å². The van der Waals surface area contributed by atoms with Gasteiger partial charge in [0, 0.05) is 23.6 Å². The van der Waals surface area contributed by atoms with E-state index < -0.39 is 0 Å². The molecule has 1 unspecified atom stereocenters. The molecule has 0 aromatic heterocycles. The summed E-state index contributed by atoms with van der Waals surface area (Å²) in [6.45, 7) is 2.95. The Morgan fingerprint density at radius 1 is 1.47 bits per heavy atom. The van der Waals surface area contributed by atoms with E-state index in [1.165, 1.54) is 18.9 Å². The summed E-state index contributed by atoms with van der Waals surface area (Å²) < 4.78 is 14.1. The summed E-state index contributed by atoms with van der Waals surface area (Å²) >= 11 is 3.33. The molecule has 0 amide bonds. The van der Waals surface area contributed by atoms with E-state index in [0.717, 1.165) is 29.7 Å². The van der Waals surface area contributed by atoms with Crippen LogP contribution < -0.4 is 5.32 Å². The van der Waals surface area contributed by atoms with Crippen LogP contribution in [0.2, 0.25) is 0 Å². The number of rotatable bonds is 3. The van der Waals surface area contributed by atoms with Crippen LogP contribution in [-0.2, 0) is 6.54 Å². The fraction of sp³-hybridized carbons (Fsp3) is 0.538. The Balaban J connectivity index is 1.99. The largest absolute Gasteiger partial charge is 0.315 e. The first-order valence-corrected chi connectivity index (χ1v) is 6.80. The highest BCUT2D eigenvalue weighted by Crippen LogP contribution is 2.18. The van der Waals surface area contributed by atoms with Crippen LogP contribution >= 0.6 is 15.9 Å².